The number of aromatic nitrogens is 4. The van der Waals surface area contributed by atoms with Crippen LogP contribution in [0.3, 0.4) is 0 Å². The van der Waals surface area contributed by atoms with Crippen molar-refractivity contribution in [1.29, 1.82) is 0 Å². The van der Waals surface area contributed by atoms with E-state index in [1.807, 2.05) is 0 Å². The SMILES string of the molecule is Cn1c(=O)c2c(nc(NCCCN3CCOCC3)n2Cc2ccc(F)cc2)n(C)c1=O. The van der Waals surface area contributed by atoms with E-state index >= 15 is 0 Å². The van der Waals surface area contributed by atoms with Crippen LogP contribution in [-0.2, 0) is 25.4 Å². The van der Waals surface area contributed by atoms with Crippen molar-refractivity contribution in [2.75, 3.05) is 44.7 Å². The summed E-state index contributed by atoms with van der Waals surface area (Å²) in [7, 11) is 3.05. The number of ether oxygens (including phenoxy) is 1. The molecule has 0 bridgehead atoms. The molecule has 1 aromatic carbocycles. The number of rotatable bonds is 7. The van der Waals surface area contributed by atoms with Crippen LogP contribution in [-0.4, -0.2) is 63.0 Å². The fraction of sp³-hybridized carbons (Fsp3) is 0.476. The highest BCUT2D eigenvalue weighted by atomic mass is 19.1. The summed E-state index contributed by atoms with van der Waals surface area (Å²) in [5.41, 5.74) is 0.653. The van der Waals surface area contributed by atoms with Gasteiger partial charge < -0.3 is 10.1 Å². The van der Waals surface area contributed by atoms with E-state index in [0.717, 1.165) is 49.4 Å². The molecule has 0 radical (unpaired) electrons. The van der Waals surface area contributed by atoms with Gasteiger partial charge in [0.2, 0.25) is 5.95 Å². The number of benzene rings is 1. The Bertz CT molecular complexity index is 1180. The zero-order valence-electron chi connectivity index (χ0n) is 17.8. The zero-order chi connectivity index (χ0) is 22.0. The summed E-state index contributed by atoms with van der Waals surface area (Å²) in [5.74, 6) is 0.193. The molecule has 1 aliphatic rings. The molecule has 3 aromatic rings. The van der Waals surface area contributed by atoms with Crippen molar-refractivity contribution in [2.45, 2.75) is 13.0 Å². The largest absolute Gasteiger partial charge is 0.379 e. The number of fused-ring (bicyclic) bond motifs is 1. The van der Waals surface area contributed by atoms with Gasteiger partial charge in [0.05, 0.1) is 19.8 Å². The summed E-state index contributed by atoms with van der Waals surface area (Å²) >= 11 is 0. The lowest BCUT2D eigenvalue weighted by Crippen LogP contribution is -2.37. The molecular formula is C21H27FN6O3. The molecule has 0 amide bonds. The molecule has 1 saturated heterocycles. The van der Waals surface area contributed by atoms with Crippen LogP contribution in [0.15, 0.2) is 33.9 Å². The second-order valence-corrected chi connectivity index (χ2v) is 7.76. The Morgan fingerprint density at radius 3 is 2.52 bits per heavy atom. The van der Waals surface area contributed by atoms with E-state index in [2.05, 4.69) is 15.2 Å². The molecule has 4 rings (SSSR count). The Morgan fingerprint density at radius 2 is 1.81 bits per heavy atom. The van der Waals surface area contributed by atoms with Crippen molar-refractivity contribution < 1.29 is 9.13 Å². The Kier molecular flexibility index (Phi) is 6.19. The van der Waals surface area contributed by atoms with Gasteiger partial charge in [-0.3, -0.25) is 23.4 Å². The molecule has 0 saturated carbocycles. The molecule has 2 aromatic heterocycles. The third-order valence-corrected chi connectivity index (χ3v) is 5.64. The summed E-state index contributed by atoms with van der Waals surface area (Å²) in [6.07, 6.45) is 0.899. The summed E-state index contributed by atoms with van der Waals surface area (Å²) in [4.78, 5) is 32.2. The fourth-order valence-electron chi connectivity index (χ4n) is 3.84. The smallest absolute Gasteiger partial charge is 0.332 e. The normalized spacial score (nSPS) is 14.9. The van der Waals surface area contributed by atoms with Crippen LogP contribution in [0.5, 0.6) is 0 Å². The fourth-order valence-corrected chi connectivity index (χ4v) is 3.84. The maximum absolute atomic E-state index is 13.3. The van der Waals surface area contributed by atoms with Crippen LogP contribution in [0.25, 0.3) is 11.2 Å². The number of anilines is 1. The predicted molar refractivity (Wildman–Crippen MR) is 116 cm³/mol. The second kappa shape index (κ2) is 9.03. The lowest BCUT2D eigenvalue weighted by atomic mass is 10.2. The first-order valence-corrected chi connectivity index (χ1v) is 10.4. The number of halogens is 1. The minimum atomic E-state index is -0.428. The van der Waals surface area contributed by atoms with Gasteiger partial charge in [0.1, 0.15) is 5.82 Å². The van der Waals surface area contributed by atoms with E-state index in [1.54, 1.807) is 23.7 Å². The van der Waals surface area contributed by atoms with Crippen LogP contribution in [0.2, 0.25) is 0 Å². The van der Waals surface area contributed by atoms with Crippen molar-refractivity contribution in [3.8, 4) is 0 Å². The number of imidazole rings is 1. The quantitative estimate of drug-likeness (QED) is 0.557. The molecular weight excluding hydrogens is 403 g/mol. The standard InChI is InChI=1S/C21H27FN6O3/c1-25-18-17(19(29)26(2)21(25)30)28(14-15-4-6-16(22)7-5-15)20(24-18)23-8-3-9-27-10-12-31-13-11-27/h4-7H,3,8-14H2,1-2H3,(H,23,24). The molecule has 0 atom stereocenters. The van der Waals surface area contributed by atoms with Gasteiger partial charge in [0.25, 0.3) is 5.56 Å². The number of morpholine rings is 1. The van der Waals surface area contributed by atoms with Crippen molar-refractivity contribution >= 4 is 17.1 Å². The Morgan fingerprint density at radius 1 is 1.10 bits per heavy atom. The lowest BCUT2D eigenvalue weighted by Gasteiger charge is -2.26. The highest BCUT2D eigenvalue weighted by Crippen LogP contribution is 2.18. The summed E-state index contributed by atoms with van der Waals surface area (Å²) in [6.45, 7) is 5.32. The Labute approximate surface area is 178 Å². The molecule has 10 heteroatoms. The average Bonchev–Trinajstić information content (AvgIpc) is 3.14. The maximum Gasteiger partial charge on any atom is 0.332 e. The van der Waals surface area contributed by atoms with Crippen molar-refractivity contribution in [1.82, 2.24) is 23.6 Å². The molecule has 0 spiro atoms. The lowest BCUT2D eigenvalue weighted by molar-refractivity contribution is 0.0378. The Balaban J connectivity index is 1.63. The molecule has 0 aliphatic carbocycles. The summed E-state index contributed by atoms with van der Waals surface area (Å²) in [5, 5.41) is 3.32. The predicted octanol–water partition coefficient (Wildman–Crippen LogP) is 0.755. The second-order valence-electron chi connectivity index (χ2n) is 7.76. The van der Waals surface area contributed by atoms with Crippen LogP contribution in [0, 0.1) is 5.82 Å². The van der Waals surface area contributed by atoms with Crippen LogP contribution >= 0.6 is 0 Å². The Hall–Kier alpha value is -2.98. The van der Waals surface area contributed by atoms with Gasteiger partial charge in [-0.2, -0.15) is 4.98 Å². The van der Waals surface area contributed by atoms with E-state index in [9.17, 15) is 14.0 Å². The minimum Gasteiger partial charge on any atom is -0.379 e. The first-order valence-electron chi connectivity index (χ1n) is 10.4. The highest BCUT2D eigenvalue weighted by Gasteiger charge is 2.19. The van der Waals surface area contributed by atoms with Crippen LogP contribution < -0.4 is 16.6 Å². The molecule has 166 valence electrons. The summed E-state index contributed by atoms with van der Waals surface area (Å²) in [6, 6.07) is 6.13. The maximum atomic E-state index is 13.3. The number of hydrogen-bond donors (Lipinski definition) is 1. The van der Waals surface area contributed by atoms with Crippen molar-refractivity contribution in [3.63, 3.8) is 0 Å². The van der Waals surface area contributed by atoms with Crippen LogP contribution in [0.1, 0.15) is 12.0 Å². The van der Waals surface area contributed by atoms with Gasteiger partial charge in [-0.05, 0) is 30.7 Å². The molecule has 31 heavy (non-hydrogen) atoms. The van der Waals surface area contributed by atoms with E-state index < -0.39 is 11.2 Å². The van der Waals surface area contributed by atoms with E-state index in [1.165, 1.54) is 23.7 Å². The van der Waals surface area contributed by atoms with Gasteiger partial charge in [-0.25, -0.2) is 9.18 Å². The van der Waals surface area contributed by atoms with Crippen molar-refractivity contribution in [3.05, 3.63) is 56.5 Å². The number of nitrogens with zero attached hydrogens (tertiary/aromatic N) is 5. The third kappa shape index (κ3) is 4.40. The number of aryl methyl sites for hydroxylation is 1. The molecule has 3 heterocycles. The van der Waals surface area contributed by atoms with Gasteiger partial charge >= 0.3 is 5.69 Å². The summed E-state index contributed by atoms with van der Waals surface area (Å²) < 4.78 is 22.9. The van der Waals surface area contributed by atoms with Gasteiger partial charge in [0.15, 0.2) is 11.2 Å². The minimum absolute atomic E-state index is 0.320. The van der Waals surface area contributed by atoms with Gasteiger partial charge in [0, 0.05) is 33.7 Å². The monoisotopic (exact) mass is 430 g/mol. The zero-order valence-corrected chi connectivity index (χ0v) is 17.8. The average molecular weight is 430 g/mol. The topological polar surface area (TPSA) is 86.3 Å². The van der Waals surface area contributed by atoms with Crippen molar-refractivity contribution in [2.24, 2.45) is 14.1 Å². The van der Waals surface area contributed by atoms with Crippen LogP contribution in [0.4, 0.5) is 10.3 Å². The number of hydrogen-bond acceptors (Lipinski definition) is 6. The molecule has 1 aliphatic heterocycles. The molecule has 0 unspecified atom stereocenters. The molecule has 1 N–H and O–H groups in total. The van der Waals surface area contributed by atoms with Gasteiger partial charge in [-0.15, -0.1) is 0 Å². The third-order valence-electron chi connectivity index (χ3n) is 5.64. The number of nitrogens with one attached hydrogen (secondary N) is 1. The molecule has 1 fully saturated rings. The van der Waals surface area contributed by atoms with E-state index in [4.69, 9.17) is 4.74 Å². The molecule has 9 nitrogen and oxygen atoms in total. The van der Waals surface area contributed by atoms with E-state index in [-0.39, 0.29) is 5.82 Å². The first-order chi connectivity index (χ1) is 15.0. The van der Waals surface area contributed by atoms with E-state index in [0.29, 0.717) is 30.2 Å². The van der Waals surface area contributed by atoms with Gasteiger partial charge in [-0.1, -0.05) is 12.1 Å². The highest BCUT2D eigenvalue weighted by molar-refractivity contribution is 5.74. The first kappa shape index (κ1) is 21.3.